The van der Waals surface area contributed by atoms with Crippen LogP contribution >= 0.6 is 0 Å². The second-order valence-corrected chi connectivity index (χ2v) is 2.74. The first-order valence-electron chi connectivity index (χ1n) is 3.65. The van der Waals surface area contributed by atoms with Gasteiger partial charge in [-0.2, -0.15) is 0 Å². The van der Waals surface area contributed by atoms with Crippen molar-refractivity contribution in [2.75, 3.05) is 19.7 Å². The minimum atomic E-state index is 0.0818. The van der Waals surface area contributed by atoms with E-state index in [9.17, 15) is 4.79 Å². The van der Waals surface area contributed by atoms with Gasteiger partial charge in [0, 0.05) is 19.0 Å². The van der Waals surface area contributed by atoms with Crippen LogP contribution in [0.2, 0.25) is 0 Å². The zero-order chi connectivity index (χ0) is 7.56. The number of carbonyl (C=O) groups excluding carboxylic acids is 1. The Kier molecular flexibility index (Phi) is 2.27. The first-order valence-corrected chi connectivity index (χ1v) is 3.65. The minimum absolute atomic E-state index is 0.0818. The number of aliphatic hydroxyl groups excluding tert-OH is 1. The number of hydrogen-bond donors (Lipinski definition) is 1. The number of aliphatic hydroxyl groups is 1. The van der Waals surface area contributed by atoms with E-state index in [2.05, 4.69) is 0 Å². The molecule has 1 rings (SSSR count). The van der Waals surface area contributed by atoms with Crippen LogP contribution in [-0.4, -0.2) is 35.6 Å². The highest BCUT2D eigenvalue weighted by Gasteiger charge is 2.26. The molecule has 0 spiro atoms. The third-order valence-electron chi connectivity index (χ3n) is 1.94. The van der Waals surface area contributed by atoms with Crippen molar-refractivity contribution in [3.63, 3.8) is 0 Å². The van der Waals surface area contributed by atoms with Gasteiger partial charge in [-0.05, 0) is 6.42 Å². The summed E-state index contributed by atoms with van der Waals surface area (Å²) in [5, 5.41) is 8.54. The van der Waals surface area contributed by atoms with Crippen LogP contribution in [0.25, 0.3) is 0 Å². The molecule has 0 bridgehead atoms. The molecule has 1 N–H and O–H groups in total. The third kappa shape index (κ3) is 1.29. The van der Waals surface area contributed by atoms with Gasteiger partial charge in [0.25, 0.3) is 0 Å². The summed E-state index contributed by atoms with van der Waals surface area (Å²) in [6.07, 6.45) is 0.943. The van der Waals surface area contributed by atoms with E-state index in [1.54, 1.807) is 4.90 Å². The fourth-order valence-corrected chi connectivity index (χ4v) is 1.24. The molecule has 58 valence electrons. The first kappa shape index (κ1) is 7.54. The predicted molar refractivity (Wildman–Crippen MR) is 37.4 cm³/mol. The van der Waals surface area contributed by atoms with Gasteiger partial charge in [0.1, 0.15) is 0 Å². The summed E-state index contributed by atoms with van der Waals surface area (Å²) in [5.74, 6) is 0.362. The van der Waals surface area contributed by atoms with Gasteiger partial charge in [-0.1, -0.05) is 6.92 Å². The summed E-state index contributed by atoms with van der Waals surface area (Å²) in [7, 11) is 0. The quantitative estimate of drug-likeness (QED) is 0.584. The summed E-state index contributed by atoms with van der Waals surface area (Å²) in [4.78, 5) is 12.8. The molecule has 1 aliphatic rings. The highest BCUT2D eigenvalue weighted by atomic mass is 16.3. The lowest BCUT2D eigenvalue weighted by atomic mass is 10.1. The molecule has 0 radical (unpaired) electrons. The summed E-state index contributed by atoms with van der Waals surface area (Å²) < 4.78 is 0. The number of carbonyl (C=O) groups is 1. The Morgan fingerprint density at radius 2 is 2.50 bits per heavy atom. The van der Waals surface area contributed by atoms with E-state index < -0.39 is 0 Å². The maximum Gasteiger partial charge on any atom is 0.225 e. The molecule has 1 unspecified atom stereocenters. The van der Waals surface area contributed by atoms with Crippen molar-refractivity contribution in [3.05, 3.63) is 0 Å². The fraction of sp³-hybridized carbons (Fsp3) is 0.857. The van der Waals surface area contributed by atoms with Crippen LogP contribution in [0.3, 0.4) is 0 Å². The summed E-state index contributed by atoms with van der Waals surface area (Å²) >= 11 is 0. The van der Waals surface area contributed by atoms with Crippen LogP contribution in [-0.2, 0) is 4.79 Å². The molecular weight excluding hydrogens is 130 g/mol. The summed E-state index contributed by atoms with van der Waals surface area (Å²) in [6, 6.07) is 0. The van der Waals surface area contributed by atoms with Gasteiger partial charge in [-0.3, -0.25) is 4.79 Å². The molecule has 0 aromatic carbocycles. The highest BCUT2D eigenvalue weighted by molar-refractivity contribution is 5.80. The van der Waals surface area contributed by atoms with Crippen LogP contribution in [0.4, 0.5) is 0 Å². The average Bonchev–Trinajstić information content (AvgIpc) is 2.20. The molecule has 0 aliphatic carbocycles. The van der Waals surface area contributed by atoms with Crippen LogP contribution in [0.1, 0.15) is 13.3 Å². The SMILES string of the molecule is CC1CCN(CCO)C1=O. The Bertz CT molecular complexity index is 134. The predicted octanol–water partition coefficient (Wildman–Crippen LogP) is -0.153. The molecule has 0 aromatic heterocycles. The molecule has 1 saturated heterocycles. The van der Waals surface area contributed by atoms with Crippen LogP contribution in [0.5, 0.6) is 0 Å². The topological polar surface area (TPSA) is 40.5 Å². The highest BCUT2D eigenvalue weighted by Crippen LogP contribution is 2.15. The number of β-amino-alcohol motifs (C(OH)–C–C–N with tert-alkyl or cyclic N) is 1. The molecule has 10 heavy (non-hydrogen) atoms. The van der Waals surface area contributed by atoms with Gasteiger partial charge >= 0.3 is 0 Å². The van der Waals surface area contributed by atoms with Gasteiger partial charge in [0.15, 0.2) is 0 Å². The zero-order valence-corrected chi connectivity index (χ0v) is 6.21. The smallest absolute Gasteiger partial charge is 0.225 e. The van der Waals surface area contributed by atoms with Gasteiger partial charge in [0.2, 0.25) is 5.91 Å². The third-order valence-corrected chi connectivity index (χ3v) is 1.94. The molecule has 3 nitrogen and oxygen atoms in total. The van der Waals surface area contributed by atoms with E-state index >= 15 is 0 Å². The lowest BCUT2D eigenvalue weighted by molar-refractivity contribution is -0.130. The number of likely N-dealkylation sites (tertiary alicyclic amines) is 1. The Morgan fingerprint density at radius 3 is 2.90 bits per heavy atom. The standard InChI is InChI=1S/C7H13NO2/c1-6-2-3-8(4-5-9)7(6)10/h6,9H,2-5H2,1H3. The molecule has 1 amide bonds. The van der Waals surface area contributed by atoms with Crippen molar-refractivity contribution in [1.29, 1.82) is 0 Å². The van der Waals surface area contributed by atoms with Crippen LogP contribution in [0, 0.1) is 5.92 Å². The number of nitrogens with zero attached hydrogens (tertiary/aromatic N) is 1. The number of amides is 1. The number of rotatable bonds is 2. The van der Waals surface area contributed by atoms with Gasteiger partial charge in [0.05, 0.1) is 6.61 Å². The van der Waals surface area contributed by atoms with E-state index in [1.165, 1.54) is 0 Å². The molecule has 0 saturated carbocycles. The molecular formula is C7H13NO2. The van der Waals surface area contributed by atoms with Crippen molar-refractivity contribution in [2.24, 2.45) is 5.92 Å². The van der Waals surface area contributed by atoms with Crippen LogP contribution in [0.15, 0.2) is 0 Å². The normalized spacial score (nSPS) is 26.0. The van der Waals surface area contributed by atoms with Crippen molar-refractivity contribution in [1.82, 2.24) is 4.90 Å². The van der Waals surface area contributed by atoms with E-state index in [4.69, 9.17) is 5.11 Å². The van der Waals surface area contributed by atoms with E-state index in [0.29, 0.717) is 6.54 Å². The largest absolute Gasteiger partial charge is 0.395 e. The molecule has 3 heteroatoms. The lowest BCUT2D eigenvalue weighted by Gasteiger charge is -2.13. The molecule has 1 atom stereocenters. The van der Waals surface area contributed by atoms with E-state index in [-0.39, 0.29) is 18.4 Å². The Morgan fingerprint density at radius 1 is 1.80 bits per heavy atom. The van der Waals surface area contributed by atoms with Gasteiger partial charge in [-0.25, -0.2) is 0 Å². The van der Waals surface area contributed by atoms with Crippen molar-refractivity contribution in [2.45, 2.75) is 13.3 Å². The molecule has 1 fully saturated rings. The summed E-state index contributed by atoms with van der Waals surface area (Å²) in [5.41, 5.74) is 0. The Hall–Kier alpha value is -0.570. The first-order chi connectivity index (χ1) is 4.75. The van der Waals surface area contributed by atoms with E-state index in [0.717, 1.165) is 13.0 Å². The second-order valence-electron chi connectivity index (χ2n) is 2.74. The van der Waals surface area contributed by atoms with Crippen molar-refractivity contribution in [3.8, 4) is 0 Å². The molecule has 0 aromatic rings. The summed E-state index contributed by atoms with van der Waals surface area (Å²) in [6.45, 7) is 3.34. The molecule has 1 aliphatic heterocycles. The number of hydrogen-bond acceptors (Lipinski definition) is 2. The lowest BCUT2D eigenvalue weighted by Crippen LogP contribution is -2.29. The molecule has 1 heterocycles. The Balaban J connectivity index is 2.41. The fourth-order valence-electron chi connectivity index (χ4n) is 1.24. The second kappa shape index (κ2) is 3.01. The zero-order valence-electron chi connectivity index (χ0n) is 6.21. The maximum absolute atomic E-state index is 11.1. The monoisotopic (exact) mass is 143 g/mol. The van der Waals surface area contributed by atoms with Crippen LogP contribution < -0.4 is 0 Å². The van der Waals surface area contributed by atoms with Crippen molar-refractivity contribution >= 4 is 5.91 Å². The van der Waals surface area contributed by atoms with Crippen molar-refractivity contribution < 1.29 is 9.90 Å². The Labute approximate surface area is 60.6 Å². The average molecular weight is 143 g/mol. The van der Waals surface area contributed by atoms with E-state index in [1.807, 2.05) is 6.92 Å². The minimum Gasteiger partial charge on any atom is -0.395 e. The van der Waals surface area contributed by atoms with Gasteiger partial charge in [-0.15, -0.1) is 0 Å². The maximum atomic E-state index is 11.1. The van der Waals surface area contributed by atoms with Gasteiger partial charge < -0.3 is 10.0 Å².